The molecule has 0 N–H and O–H groups in total. The highest BCUT2D eigenvalue weighted by atomic mass is 16.5. The minimum atomic E-state index is 0.610. The summed E-state index contributed by atoms with van der Waals surface area (Å²) in [4.78, 5) is 4.48. The summed E-state index contributed by atoms with van der Waals surface area (Å²) in [6.07, 6.45) is 6.60. The molecule has 1 aliphatic rings. The number of nitrogens with zero attached hydrogens (tertiary/aromatic N) is 2. The van der Waals surface area contributed by atoms with Gasteiger partial charge in [-0.25, -0.2) is 0 Å². The molecule has 0 aliphatic carbocycles. The summed E-state index contributed by atoms with van der Waals surface area (Å²) in [5, 5.41) is 1.09. The maximum absolute atomic E-state index is 6.06. The summed E-state index contributed by atoms with van der Waals surface area (Å²) in [5.74, 6) is 2.34. The largest absolute Gasteiger partial charge is 0.493 e. The smallest absolute Gasteiger partial charge is 0.138 e. The van der Waals surface area contributed by atoms with Crippen molar-refractivity contribution in [3.63, 3.8) is 0 Å². The first-order chi connectivity index (χ1) is 14.1. The van der Waals surface area contributed by atoms with Crippen LogP contribution in [0.25, 0.3) is 23.1 Å². The normalized spacial score (nSPS) is 17.8. The molecule has 0 spiro atoms. The first-order valence-corrected chi connectivity index (χ1v) is 10.4. The van der Waals surface area contributed by atoms with Crippen LogP contribution < -0.4 is 9.64 Å². The summed E-state index contributed by atoms with van der Waals surface area (Å²) >= 11 is 0. The molecule has 4 heteroatoms. The molecule has 2 aromatic carbocycles. The van der Waals surface area contributed by atoms with Crippen LogP contribution in [0.2, 0.25) is 0 Å². The Morgan fingerprint density at radius 2 is 1.93 bits per heavy atom. The van der Waals surface area contributed by atoms with Crippen molar-refractivity contribution in [1.29, 1.82) is 0 Å². The zero-order chi connectivity index (χ0) is 20.2. The number of likely N-dealkylation sites (tertiary alicyclic amines) is 1. The Morgan fingerprint density at radius 1 is 1.10 bits per heavy atom. The highest BCUT2D eigenvalue weighted by molar-refractivity contribution is 5.83. The van der Waals surface area contributed by atoms with Gasteiger partial charge in [0.15, 0.2) is 0 Å². The van der Waals surface area contributed by atoms with Gasteiger partial charge >= 0.3 is 0 Å². The lowest BCUT2D eigenvalue weighted by molar-refractivity contribution is 0.150. The van der Waals surface area contributed by atoms with Gasteiger partial charge in [0.25, 0.3) is 0 Å². The van der Waals surface area contributed by atoms with Gasteiger partial charge in [-0.1, -0.05) is 18.2 Å². The quantitative estimate of drug-likeness (QED) is 0.564. The van der Waals surface area contributed by atoms with Crippen molar-refractivity contribution in [3.05, 3.63) is 59.9 Å². The summed E-state index contributed by atoms with van der Waals surface area (Å²) in [6.45, 7) is 3.09. The van der Waals surface area contributed by atoms with Crippen LogP contribution >= 0.6 is 0 Å². The van der Waals surface area contributed by atoms with Crippen LogP contribution in [0.1, 0.15) is 24.2 Å². The second-order valence-corrected chi connectivity index (χ2v) is 8.25. The Morgan fingerprint density at radius 3 is 2.69 bits per heavy atom. The van der Waals surface area contributed by atoms with E-state index in [1.54, 1.807) is 0 Å². The van der Waals surface area contributed by atoms with E-state index in [1.165, 1.54) is 25.1 Å². The lowest BCUT2D eigenvalue weighted by Gasteiger charge is -2.29. The molecule has 1 atom stereocenters. The monoisotopic (exact) mass is 390 g/mol. The predicted octanol–water partition coefficient (Wildman–Crippen LogP) is 5.39. The second kappa shape index (κ2) is 8.75. The molecule has 1 fully saturated rings. The van der Waals surface area contributed by atoms with E-state index in [1.807, 2.05) is 32.3 Å². The Labute approximate surface area is 173 Å². The molecule has 0 bridgehead atoms. The number of hydrogen-bond donors (Lipinski definition) is 0. The molecule has 0 saturated carbocycles. The van der Waals surface area contributed by atoms with Crippen molar-refractivity contribution in [2.24, 2.45) is 5.92 Å². The van der Waals surface area contributed by atoms with Crippen LogP contribution in [0.4, 0.5) is 5.69 Å². The summed E-state index contributed by atoms with van der Waals surface area (Å²) in [5.41, 5.74) is 3.21. The van der Waals surface area contributed by atoms with Crippen LogP contribution in [0.15, 0.2) is 52.9 Å². The summed E-state index contributed by atoms with van der Waals surface area (Å²) < 4.78 is 12.1. The van der Waals surface area contributed by atoms with Crippen molar-refractivity contribution < 1.29 is 9.15 Å². The molecular formula is C25H30N2O2. The average Bonchev–Trinajstić information content (AvgIpc) is 3.13. The van der Waals surface area contributed by atoms with Crippen molar-refractivity contribution in [3.8, 4) is 5.75 Å². The first kappa shape index (κ1) is 19.6. The van der Waals surface area contributed by atoms with E-state index in [0.29, 0.717) is 5.92 Å². The number of rotatable bonds is 6. The van der Waals surface area contributed by atoms with E-state index in [0.717, 1.165) is 41.2 Å². The van der Waals surface area contributed by atoms with Crippen LogP contribution in [-0.2, 0) is 0 Å². The Hall–Kier alpha value is -2.72. The van der Waals surface area contributed by atoms with E-state index in [2.05, 4.69) is 59.3 Å². The zero-order valence-corrected chi connectivity index (χ0v) is 17.6. The fraction of sp³-hybridized carbons (Fsp3) is 0.360. The van der Waals surface area contributed by atoms with Crippen LogP contribution in [0.5, 0.6) is 5.75 Å². The van der Waals surface area contributed by atoms with Gasteiger partial charge in [0, 0.05) is 43.7 Å². The Kier molecular flexibility index (Phi) is 5.91. The van der Waals surface area contributed by atoms with Gasteiger partial charge < -0.3 is 19.0 Å². The van der Waals surface area contributed by atoms with E-state index >= 15 is 0 Å². The van der Waals surface area contributed by atoms with Crippen molar-refractivity contribution in [2.45, 2.75) is 12.8 Å². The van der Waals surface area contributed by atoms with Gasteiger partial charge in [-0.15, -0.1) is 0 Å². The Balaban J connectivity index is 1.41. The predicted molar refractivity (Wildman–Crippen MR) is 122 cm³/mol. The van der Waals surface area contributed by atoms with Gasteiger partial charge in [0.2, 0.25) is 0 Å². The zero-order valence-electron chi connectivity index (χ0n) is 17.6. The van der Waals surface area contributed by atoms with Crippen molar-refractivity contribution in [2.75, 3.05) is 45.7 Å². The second-order valence-electron chi connectivity index (χ2n) is 8.25. The van der Waals surface area contributed by atoms with Gasteiger partial charge in [-0.2, -0.15) is 0 Å². The molecule has 1 aliphatic heterocycles. The number of fused-ring (bicyclic) bond motifs is 1. The van der Waals surface area contributed by atoms with Crippen molar-refractivity contribution >= 4 is 28.8 Å². The molecule has 2 heterocycles. The van der Waals surface area contributed by atoms with E-state index in [-0.39, 0.29) is 0 Å². The van der Waals surface area contributed by atoms with Crippen LogP contribution in [0.3, 0.4) is 0 Å². The molecule has 1 aromatic heterocycles. The third kappa shape index (κ3) is 5.01. The van der Waals surface area contributed by atoms with Crippen molar-refractivity contribution in [1.82, 2.24) is 4.90 Å². The van der Waals surface area contributed by atoms with E-state index in [9.17, 15) is 0 Å². The molecular weight excluding hydrogens is 360 g/mol. The number of furan rings is 1. The number of benzene rings is 2. The molecule has 29 heavy (non-hydrogen) atoms. The lowest BCUT2D eigenvalue weighted by Crippen LogP contribution is -2.34. The standard InChI is InChI=1S/C25H30N2O2/c1-26(2)22-10-6-19(7-11-22)8-12-24-15-21-9-13-23(16-25(21)29-24)28-18-20-5-4-14-27(3)17-20/h6-13,15-16,20H,4-5,14,17-18H2,1-3H3/b12-8+. The fourth-order valence-electron chi connectivity index (χ4n) is 3.89. The van der Waals surface area contributed by atoms with Gasteiger partial charge in [0.05, 0.1) is 6.61 Å². The van der Waals surface area contributed by atoms with E-state index < -0.39 is 0 Å². The van der Waals surface area contributed by atoms with Gasteiger partial charge in [0.1, 0.15) is 17.1 Å². The number of ether oxygens (including phenoxy) is 1. The lowest BCUT2D eigenvalue weighted by atomic mass is 10.00. The maximum Gasteiger partial charge on any atom is 0.138 e. The fourth-order valence-corrected chi connectivity index (χ4v) is 3.89. The SMILES string of the molecule is CN1CCCC(COc2ccc3cc(/C=C/c4ccc(N(C)C)cc4)oc3c2)C1. The molecule has 4 nitrogen and oxygen atoms in total. The van der Waals surface area contributed by atoms with Crippen LogP contribution in [0, 0.1) is 5.92 Å². The minimum Gasteiger partial charge on any atom is -0.493 e. The van der Waals surface area contributed by atoms with Gasteiger partial charge in [-0.3, -0.25) is 0 Å². The summed E-state index contributed by atoms with van der Waals surface area (Å²) in [6, 6.07) is 16.7. The molecule has 4 rings (SSSR count). The topological polar surface area (TPSA) is 28.9 Å². The third-order valence-corrected chi connectivity index (χ3v) is 5.57. The number of hydrogen-bond acceptors (Lipinski definition) is 4. The third-order valence-electron chi connectivity index (χ3n) is 5.57. The minimum absolute atomic E-state index is 0.610. The molecule has 1 saturated heterocycles. The molecule has 0 radical (unpaired) electrons. The van der Waals surface area contributed by atoms with Crippen LogP contribution in [-0.4, -0.2) is 45.7 Å². The number of anilines is 1. The molecule has 1 unspecified atom stereocenters. The van der Waals surface area contributed by atoms with Gasteiger partial charge in [-0.05, 0) is 68.4 Å². The first-order valence-electron chi connectivity index (χ1n) is 10.4. The average molecular weight is 391 g/mol. The Bertz CT molecular complexity index is 972. The molecule has 3 aromatic rings. The highest BCUT2D eigenvalue weighted by Gasteiger charge is 2.17. The maximum atomic E-state index is 6.06. The highest BCUT2D eigenvalue weighted by Crippen LogP contribution is 2.26. The van der Waals surface area contributed by atoms with E-state index in [4.69, 9.17) is 9.15 Å². The summed E-state index contributed by atoms with van der Waals surface area (Å²) in [7, 11) is 6.28. The number of piperidine rings is 1. The molecule has 152 valence electrons. The molecule has 0 amide bonds.